The smallest absolute Gasteiger partial charge is 0.417 e. The Morgan fingerprint density at radius 1 is 1.28 bits per heavy atom. The van der Waals surface area contributed by atoms with E-state index in [2.05, 4.69) is 23.3 Å². The molecule has 1 amide bonds. The van der Waals surface area contributed by atoms with Crippen molar-refractivity contribution in [1.82, 2.24) is 4.90 Å². The molecule has 2 aromatic carbocycles. The number of hydrogen-bond donors (Lipinski definition) is 2. The van der Waals surface area contributed by atoms with Crippen molar-refractivity contribution in [2.75, 3.05) is 18.9 Å². The number of carbonyl (C=O) groups excluding carboxylic acids is 1. The number of carbonyl (C=O) groups is 1. The number of anilines is 1. The first-order valence-corrected chi connectivity index (χ1v) is 9.98. The van der Waals surface area contributed by atoms with Gasteiger partial charge in [-0.15, -0.1) is 0 Å². The van der Waals surface area contributed by atoms with Crippen molar-refractivity contribution in [2.45, 2.75) is 37.0 Å². The lowest BCUT2D eigenvalue weighted by molar-refractivity contribution is 0.0822. The van der Waals surface area contributed by atoms with E-state index in [1.165, 1.54) is 5.56 Å². The Morgan fingerprint density at radius 3 is 2.93 bits per heavy atom. The van der Waals surface area contributed by atoms with Crippen LogP contribution in [0.15, 0.2) is 54.6 Å². The first kappa shape index (κ1) is 18.2. The maximum absolute atomic E-state index is 12.5. The van der Waals surface area contributed by atoms with E-state index in [1.807, 2.05) is 36.4 Å². The zero-order chi connectivity index (χ0) is 20.0. The number of hydrogen-bond acceptors (Lipinski definition) is 5. The van der Waals surface area contributed by atoms with Gasteiger partial charge in [0.05, 0.1) is 11.5 Å². The average molecular weight is 392 g/mol. The van der Waals surface area contributed by atoms with Gasteiger partial charge in [-0.25, -0.2) is 4.79 Å². The van der Waals surface area contributed by atoms with Gasteiger partial charge in [0.25, 0.3) is 0 Å². The molecule has 150 valence electrons. The first-order valence-electron chi connectivity index (χ1n) is 9.98. The molecule has 3 atom stereocenters. The fourth-order valence-electron chi connectivity index (χ4n) is 4.76. The van der Waals surface area contributed by atoms with Crippen molar-refractivity contribution in [3.63, 3.8) is 0 Å². The second-order valence-electron chi connectivity index (χ2n) is 8.10. The summed E-state index contributed by atoms with van der Waals surface area (Å²) in [6.45, 7) is 1.74. The fraction of sp³-hybridized carbons (Fsp3) is 0.348. The number of amides is 1. The lowest BCUT2D eigenvalue weighted by atomic mass is 9.69. The van der Waals surface area contributed by atoms with E-state index in [9.17, 15) is 9.90 Å². The Hall–Kier alpha value is -2.83. The third kappa shape index (κ3) is 3.09. The number of aliphatic hydroxyl groups is 1. The van der Waals surface area contributed by atoms with Crippen molar-refractivity contribution in [2.24, 2.45) is 0 Å². The van der Waals surface area contributed by atoms with Crippen LogP contribution in [0, 0.1) is 0 Å². The predicted octanol–water partition coefficient (Wildman–Crippen LogP) is 3.45. The van der Waals surface area contributed by atoms with Crippen molar-refractivity contribution >= 4 is 11.8 Å². The summed E-state index contributed by atoms with van der Waals surface area (Å²) < 4.78 is 12.0. The van der Waals surface area contributed by atoms with Crippen LogP contribution < -0.4 is 14.8 Å². The van der Waals surface area contributed by atoms with Crippen molar-refractivity contribution in [1.29, 1.82) is 0 Å². The highest BCUT2D eigenvalue weighted by Crippen LogP contribution is 2.55. The normalized spacial score (nSPS) is 27.4. The van der Waals surface area contributed by atoms with Crippen LogP contribution in [-0.4, -0.2) is 41.9 Å². The van der Waals surface area contributed by atoms with Crippen molar-refractivity contribution < 1.29 is 19.4 Å². The minimum absolute atomic E-state index is 0.162. The Labute approximate surface area is 169 Å². The summed E-state index contributed by atoms with van der Waals surface area (Å²) in [5.41, 5.74) is 2.66. The molecule has 0 aromatic heterocycles. The molecular weight excluding hydrogens is 368 g/mol. The van der Waals surface area contributed by atoms with Gasteiger partial charge in [-0.1, -0.05) is 36.4 Å². The van der Waals surface area contributed by atoms with E-state index in [4.69, 9.17) is 9.47 Å². The van der Waals surface area contributed by atoms with Gasteiger partial charge in [-0.2, -0.15) is 0 Å². The molecule has 0 saturated heterocycles. The van der Waals surface area contributed by atoms with Crippen LogP contribution in [-0.2, 0) is 12.0 Å². The number of benzene rings is 2. The van der Waals surface area contributed by atoms with Crippen LogP contribution in [0.1, 0.15) is 24.0 Å². The molecule has 6 heteroatoms. The maximum atomic E-state index is 12.5. The molecule has 0 saturated carbocycles. The SMILES string of the molecule is CN1CC[C@@]23C=C[C@H](O)C[C@@H]2Oc2c(OC(=O)Nc4ccccc4)ccc(c23)C1. The Bertz CT molecular complexity index is 974. The summed E-state index contributed by atoms with van der Waals surface area (Å²) in [5.74, 6) is 1.04. The monoisotopic (exact) mass is 392 g/mol. The quantitative estimate of drug-likeness (QED) is 0.766. The molecular formula is C23H24N2O4. The molecule has 2 aliphatic heterocycles. The van der Waals surface area contributed by atoms with E-state index in [0.29, 0.717) is 23.6 Å². The van der Waals surface area contributed by atoms with Gasteiger partial charge in [0.1, 0.15) is 6.10 Å². The number of para-hydroxylation sites is 1. The number of nitrogens with one attached hydrogen (secondary N) is 1. The second-order valence-corrected chi connectivity index (χ2v) is 8.10. The Morgan fingerprint density at radius 2 is 2.10 bits per heavy atom. The number of nitrogens with zero attached hydrogens (tertiary/aromatic N) is 1. The van der Waals surface area contributed by atoms with Gasteiger partial charge in [0.15, 0.2) is 11.5 Å². The molecule has 2 heterocycles. The van der Waals surface area contributed by atoms with E-state index in [0.717, 1.165) is 25.1 Å². The van der Waals surface area contributed by atoms with Gasteiger partial charge in [-0.05, 0) is 43.8 Å². The molecule has 1 aliphatic carbocycles. The molecule has 2 N–H and O–H groups in total. The lowest BCUT2D eigenvalue weighted by Gasteiger charge is -2.35. The van der Waals surface area contributed by atoms with E-state index in [-0.39, 0.29) is 11.5 Å². The molecule has 0 unspecified atom stereocenters. The third-order valence-corrected chi connectivity index (χ3v) is 6.15. The predicted molar refractivity (Wildman–Crippen MR) is 109 cm³/mol. The number of rotatable bonds is 2. The molecule has 29 heavy (non-hydrogen) atoms. The highest BCUT2D eigenvalue weighted by atomic mass is 16.6. The second kappa shape index (κ2) is 6.90. The summed E-state index contributed by atoms with van der Waals surface area (Å²) in [5, 5.41) is 12.9. The molecule has 3 aliphatic rings. The third-order valence-electron chi connectivity index (χ3n) is 6.15. The number of aliphatic hydroxyl groups excluding tert-OH is 1. The minimum atomic E-state index is -0.554. The molecule has 6 nitrogen and oxygen atoms in total. The Balaban J connectivity index is 1.51. The summed E-state index contributed by atoms with van der Waals surface area (Å²) in [4.78, 5) is 14.8. The molecule has 0 fully saturated rings. The van der Waals surface area contributed by atoms with Crippen LogP contribution in [0.5, 0.6) is 11.5 Å². The standard InChI is InChI=1S/C23H24N2O4/c1-25-12-11-23-10-9-17(26)13-19(23)29-21-18(8-7-15(14-25)20(21)23)28-22(27)24-16-5-3-2-4-6-16/h2-10,17,19,26H,11-14H2,1H3,(H,24,27)/t17-,19-,23-/m0/s1. The summed E-state index contributed by atoms with van der Waals surface area (Å²) >= 11 is 0. The highest BCUT2D eigenvalue weighted by molar-refractivity contribution is 5.86. The van der Waals surface area contributed by atoms with Crippen LogP contribution in [0.3, 0.4) is 0 Å². The van der Waals surface area contributed by atoms with E-state index < -0.39 is 12.2 Å². The molecule has 5 rings (SSSR count). The Kier molecular flexibility index (Phi) is 4.33. The topological polar surface area (TPSA) is 71.0 Å². The average Bonchev–Trinajstić information content (AvgIpc) is 2.96. The fourth-order valence-corrected chi connectivity index (χ4v) is 4.76. The van der Waals surface area contributed by atoms with E-state index >= 15 is 0 Å². The molecule has 0 bridgehead atoms. The molecule has 1 spiro atoms. The van der Waals surface area contributed by atoms with E-state index in [1.54, 1.807) is 12.1 Å². The van der Waals surface area contributed by atoms with Gasteiger partial charge >= 0.3 is 6.09 Å². The van der Waals surface area contributed by atoms with Crippen LogP contribution >= 0.6 is 0 Å². The summed E-state index contributed by atoms with van der Waals surface area (Å²) in [6.07, 6.45) is 4.18. The van der Waals surface area contributed by atoms with Gasteiger partial charge < -0.3 is 19.5 Å². The lowest BCUT2D eigenvalue weighted by Crippen LogP contribution is -2.42. The van der Waals surface area contributed by atoms with Crippen LogP contribution in [0.2, 0.25) is 0 Å². The van der Waals surface area contributed by atoms with Gasteiger partial charge in [0.2, 0.25) is 0 Å². The van der Waals surface area contributed by atoms with Crippen LogP contribution in [0.4, 0.5) is 10.5 Å². The zero-order valence-corrected chi connectivity index (χ0v) is 16.3. The zero-order valence-electron chi connectivity index (χ0n) is 16.3. The minimum Gasteiger partial charge on any atom is -0.485 e. The van der Waals surface area contributed by atoms with Gasteiger partial charge in [0, 0.05) is 24.2 Å². The van der Waals surface area contributed by atoms with Crippen molar-refractivity contribution in [3.05, 3.63) is 65.7 Å². The van der Waals surface area contributed by atoms with Gasteiger partial charge in [-0.3, -0.25) is 5.32 Å². The molecule has 2 aromatic rings. The van der Waals surface area contributed by atoms with Crippen molar-refractivity contribution in [3.8, 4) is 11.5 Å². The first-order chi connectivity index (χ1) is 14.0. The number of ether oxygens (including phenoxy) is 2. The highest BCUT2D eigenvalue weighted by Gasteiger charge is 2.52. The summed E-state index contributed by atoms with van der Waals surface area (Å²) in [7, 11) is 2.11. The van der Waals surface area contributed by atoms with Crippen LogP contribution in [0.25, 0.3) is 0 Å². The molecule has 0 radical (unpaired) electrons. The summed E-state index contributed by atoms with van der Waals surface area (Å²) in [6, 6.07) is 13.0. The largest absolute Gasteiger partial charge is 0.485 e. The maximum Gasteiger partial charge on any atom is 0.417 e.